The number of amides is 1. The molecule has 0 radical (unpaired) electrons. The summed E-state index contributed by atoms with van der Waals surface area (Å²) in [5.74, 6) is 0.146. The van der Waals surface area contributed by atoms with E-state index in [1.807, 2.05) is 4.90 Å². The summed E-state index contributed by atoms with van der Waals surface area (Å²) in [5, 5.41) is 0.513. The van der Waals surface area contributed by atoms with Crippen LogP contribution < -0.4 is 0 Å². The largest absolute Gasteiger partial charge is 0.340 e. The van der Waals surface area contributed by atoms with E-state index in [4.69, 9.17) is 11.6 Å². The van der Waals surface area contributed by atoms with Gasteiger partial charge in [0.05, 0.1) is 4.90 Å². The highest BCUT2D eigenvalue weighted by atomic mass is 35.5. The van der Waals surface area contributed by atoms with E-state index in [9.17, 15) is 13.2 Å². The highest BCUT2D eigenvalue weighted by molar-refractivity contribution is 7.89. The van der Waals surface area contributed by atoms with Crippen LogP contribution in [0, 0.1) is 5.92 Å². The second-order valence-corrected chi connectivity index (χ2v) is 9.38. The molecule has 2 fully saturated rings. The monoisotopic (exact) mass is 384 g/mol. The zero-order chi connectivity index (χ0) is 18.0. The van der Waals surface area contributed by atoms with Gasteiger partial charge in [0.1, 0.15) is 0 Å². The van der Waals surface area contributed by atoms with E-state index in [0.29, 0.717) is 37.0 Å². The number of likely N-dealkylation sites (tertiary alicyclic amines) is 1. The van der Waals surface area contributed by atoms with Gasteiger partial charge in [0.25, 0.3) is 0 Å². The SMILES string of the molecule is CC1CCCCN1C(=O)C1CCN(S(=O)(=O)c2ccc(Cl)cc2)CC1. The van der Waals surface area contributed by atoms with Gasteiger partial charge in [-0.1, -0.05) is 11.6 Å². The number of carbonyl (C=O) groups excluding carboxylic acids is 1. The van der Waals surface area contributed by atoms with Crippen molar-refractivity contribution in [2.75, 3.05) is 19.6 Å². The van der Waals surface area contributed by atoms with Crippen molar-refractivity contribution in [2.24, 2.45) is 5.92 Å². The van der Waals surface area contributed by atoms with Crippen molar-refractivity contribution in [1.82, 2.24) is 9.21 Å². The first kappa shape index (κ1) is 18.7. The summed E-state index contributed by atoms with van der Waals surface area (Å²) in [6, 6.07) is 6.54. The van der Waals surface area contributed by atoms with Crippen LogP contribution in [0.5, 0.6) is 0 Å². The molecule has 1 atom stereocenters. The fourth-order valence-corrected chi connectivity index (χ4v) is 5.35. The van der Waals surface area contributed by atoms with Crippen molar-refractivity contribution in [3.05, 3.63) is 29.3 Å². The summed E-state index contributed by atoms with van der Waals surface area (Å²) in [4.78, 5) is 15.0. The van der Waals surface area contributed by atoms with E-state index in [1.165, 1.54) is 22.9 Å². The molecule has 138 valence electrons. The topological polar surface area (TPSA) is 57.7 Å². The highest BCUT2D eigenvalue weighted by Crippen LogP contribution is 2.28. The molecule has 2 heterocycles. The minimum absolute atomic E-state index is 0.0581. The van der Waals surface area contributed by atoms with Crippen LogP contribution in [-0.2, 0) is 14.8 Å². The molecule has 0 saturated carbocycles. The normalized spacial score (nSPS) is 23.6. The molecule has 0 aromatic heterocycles. The predicted molar refractivity (Wildman–Crippen MR) is 98.0 cm³/mol. The number of piperidine rings is 2. The number of rotatable bonds is 3. The van der Waals surface area contributed by atoms with Gasteiger partial charge >= 0.3 is 0 Å². The molecule has 3 rings (SSSR count). The lowest BCUT2D eigenvalue weighted by molar-refractivity contribution is -0.140. The number of hydrogen-bond donors (Lipinski definition) is 0. The van der Waals surface area contributed by atoms with Crippen LogP contribution >= 0.6 is 11.6 Å². The van der Waals surface area contributed by atoms with Gasteiger partial charge < -0.3 is 4.90 Å². The van der Waals surface area contributed by atoms with Crippen molar-refractivity contribution >= 4 is 27.5 Å². The number of hydrogen-bond acceptors (Lipinski definition) is 3. The molecule has 2 aliphatic rings. The van der Waals surface area contributed by atoms with Crippen LogP contribution in [0.25, 0.3) is 0 Å². The average molecular weight is 385 g/mol. The van der Waals surface area contributed by atoms with E-state index in [0.717, 1.165) is 19.4 Å². The van der Waals surface area contributed by atoms with Crippen LogP contribution in [0.3, 0.4) is 0 Å². The third-order valence-electron chi connectivity index (χ3n) is 5.34. The lowest BCUT2D eigenvalue weighted by atomic mass is 9.94. The van der Waals surface area contributed by atoms with Crippen LogP contribution in [0.2, 0.25) is 5.02 Å². The maximum Gasteiger partial charge on any atom is 0.243 e. The zero-order valence-corrected chi connectivity index (χ0v) is 16.1. The third kappa shape index (κ3) is 4.01. The Morgan fingerprint density at radius 1 is 1.04 bits per heavy atom. The Labute approximate surface area is 155 Å². The molecule has 1 aromatic rings. The van der Waals surface area contributed by atoms with Gasteiger partial charge in [0.2, 0.25) is 15.9 Å². The number of benzene rings is 1. The van der Waals surface area contributed by atoms with Crippen LogP contribution in [0.4, 0.5) is 0 Å². The quantitative estimate of drug-likeness (QED) is 0.804. The molecule has 25 heavy (non-hydrogen) atoms. The van der Waals surface area contributed by atoms with Crippen LogP contribution in [0.1, 0.15) is 39.0 Å². The van der Waals surface area contributed by atoms with E-state index in [1.54, 1.807) is 12.1 Å². The van der Waals surface area contributed by atoms with E-state index >= 15 is 0 Å². The first-order valence-electron chi connectivity index (χ1n) is 8.96. The highest BCUT2D eigenvalue weighted by Gasteiger charge is 2.35. The fraction of sp³-hybridized carbons (Fsp3) is 0.611. The van der Waals surface area contributed by atoms with Gasteiger partial charge in [-0.2, -0.15) is 4.31 Å². The van der Waals surface area contributed by atoms with Crippen molar-refractivity contribution < 1.29 is 13.2 Å². The molecule has 1 unspecified atom stereocenters. The Morgan fingerprint density at radius 3 is 2.28 bits per heavy atom. The Balaban J connectivity index is 1.63. The van der Waals surface area contributed by atoms with Crippen molar-refractivity contribution in [1.29, 1.82) is 0 Å². The molecule has 5 nitrogen and oxygen atoms in total. The standard InChI is InChI=1S/C18H25ClN2O3S/c1-14-4-2-3-11-21(14)18(22)15-9-12-20(13-10-15)25(23,24)17-7-5-16(19)6-8-17/h5-8,14-15H,2-4,9-13H2,1H3. The van der Waals surface area contributed by atoms with E-state index in [-0.39, 0.29) is 16.7 Å². The summed E-state index contributed by atoms with van der Waals surface area (Å²) in [7, 11) is -3.51. The zero-order valence-electron chi connectivity index (χ0n) is 14.5. The average Bonchev–Trinajstić information content (AvgIpc) is 2.62. The second kappa shape index (κ2) is 7.64. The van der Waals surface area contributed by atoms with Gasteiger partial charge in [-0.25, -0.2) is 8.42 Å². The first-order valence-corrected chi connectivity index (χ1v) is 10.8. The van der Waals surface area contributed by atoms with Crippen molar-refractivity contribution in [3.63, 3.8) is 0 Å². The molecule has 0 aliphatic carbocycles. The number of nitrogens with zero attached hydrogens (tertiary/aromatic N) is 2. The lowest BCUT2D eigenvalue weighted by Crippen LogP contribution is -2.48. The van der Waals surface area contributed by atoms with E-state index in [2.05, 4.69) is 6.92 Å². The number of sulfonamides is 1. The Hall–Kier alpha value is -1.11. The maximum absolute atomic E-state index is 12.8. The molecule has 1 amide bonds. The Bertz CT molecular complexity index is 712. The number of carbonyl (C=O) groups is 1. The number of halogens is 1. The lowest BCUT2D eigenvalue weighted by Gasteiger charge is -2.38. The van der Waals surface area contributed by atoms with Gasteiger partial charge in [0, 0.05) is 36.6 Å². The summed E-state index contributed by atoms with van der Waals surface area (Å²) in [5.41, 5.74) is 0. The minimum Gasteiger partial charge on any atom is -0.340 e. The first-order chi connectivity index (χ1) is 11.9. The smallest absolute Gasteiger partial charge is 0.243 e. The molecule has 0 N–H and O–H groups in total. The van der Waals surface area contributed by atoms with Gasteiger partial charge in [-0.3, -0.25) is 4.79 Å². The van der Waals surface area contributed by atoms with Gasteiger partial charge in [-0.05, 0) is 63.3 Å². The van der Waals surface area contributed by atoms with Crippen LogP contribution in [-0.4, -0.2) is 49.2 Å². The Morgan fingerprint density at radius 2 is 1.68 bits per heavy atom. The van der Waals surface area contributed by atoms with Crippen molar-refractivity contribution in [2.45, 2.75) is 50.0 Å². The minimum atomic E-state index is -3.51. The summed E-state index contributed by atoms with van der Waals surface area (Å²) < 4.78 is 26.9. The van der Waals surface area contributed by atoms with Gasteiger partial charge in [-0.15, -0.1) is 0 Å². The molecular weight excluding hydrogens is 360 g/mol. The molecule has 7 heteroatoms. The third-order valence-corrected chi connectivity index (χ3v) is 7.51. The molecular formula is C18H25ClN2O3S. The van der Waals surface area contributed by atoms with E-state index < -0.39 is 10.0 Å². The molecule has 2 saturated heterocycles. The van der Waals surface area contributed by atoms with Gasteiger partial charge in [0.15, 0.2) is 0 Å². The summed E-state index contributed by atoms with van der Waals surface area (Å²) >= 11 is 5.84. The molecule has 1 aromatic carbocycles. The Kier molecular flexibility index (Phi) is 5.71. The maximum atomic E-state index is 12.8. The summed E-state index contributed by atoms with van der Waals surface area (Å²) in [6.45, 7) is 3.73. The fourth-order valence-electron chi connectivity index (χ4n) is 3.76. The van der Waals surface area contributed by atoms with Crippen molar-refractivity contribution in [3.8, 4) is 0 Å². The molecule has 0 bridgehead atoms. The van der Waals surface area contributed by atoms with Crippen LogP contribution in [0.15, 0.2) is 29.2 Å². The predicted octanol–water partition coefficient (Wildman–Crippen LogP) is 3.14. The molecule has 0 spiro atoms. The molecule has 2 aliphatic heterocycles. The second-order valence-electron chi connectivity index (χ2n) is 7.01. The summed E-state index contributed by atoms with van der Waals surface area (Å²) in [6.07, 6.45) is 4.50.